The number of likely N-dealkylation sites (N-methyl/N-ethyl adjacent to an activating group) is 1. The van der Waals surface area contributed by atoms with Crippen LogP contribution in [0.4, 0.5) is 5.82 Å². The van der Waals surface area contributed by atoms with E-state index in [1.165, 1.54) is 13.4 Å². The first-order chi connectivity index (χ1) is 10.1. The van der Waals surface area contributed by atoms with Gasteiger partial charge in [0.05, 0.1) is 13.7 Å². The van der Waals surface area contributed by atoms with Crippen molar-refractivity contribution >= 4 is 17.8 Å². The quantitative estimate of drug-likeness (QED) is 0.789. The predicted molar refractivity (Wildman–Crippen MR) is 80.0 cm³/mol. The average Bonchev–Trinajstić information content (AvgIpc) is 2.37. The van der Waals surface area contributed by atoms with Crippen molar-refractivity contribution in [3.8, 4) is 0 Å². The Bertz CT molecular complexity index is 554. The van der Waals surface area contributed by atoms with Gasteiger partial charge >= 0.3 is 11.9 Å². The molecule has 1 rings (SSSR count). The van der Waals surface area contributed by atoms with Crippen molar-refractivity contribution in [3.63, 3.8) is 0 Å². The number of nitrogens with zero attached hydrogens (tertiary/aromatic N) is 3. The van der Waals surface area contributed by atoms with Gasteiger partial charge in [0.2, 0.25) is 0 Å². The Morgan fingerprint density at radius 2 is 1.95 bits per heavy atom. The summed E-state index contributed by atoms with van der Waals surface area (Å²) in [6.07, 6.45) is 1.19. The van der Waals surface area contributed by atoms with Gasteiger partial charge in [0, 0.05) is 12.1 Å². The van der Waals surface area contributed by atoms with Gasteiger partial charge < -0.3 is 15.2 Å². The number of rotatable bonds is 5. The summed E-state index contributed by atoms with van der Waals surface area (Å²) in [5.74, 6) is -0.800. The molecule has 0 saturated heterocycles. The first kappa shape index (κ1) is 17.8. The van der Waals surface area contributed by atoms with E-state index in [1.807, 2.05) is 0 Å². The van der Waals surface area contributed by atoms with Crippen LogP contribution in [0.5, 0.6) is 0 Å². The van der Waals surface area contributed by atoms with Gasteiger partial charge in [-0.25, -0.2) is 14.8 Å². The van der Waals surface area contributed by atoms with Crippen molar-refractivity contribution in [3.05, 3.63) is 17.6 Å². The topological polar surface area (TPSA) is 108 Å². The lowest BCUT2D eigenvalue weighted by molar-refractivity contribution is -0.155. The van der Waals surface area contributed by atoms with Gasteiger partial charge in [0.15, 0.2) is 5.69 Å². The third-order valence-electron chi connectivity index (χ3n) is 2.60. The number of carbonyl (C=O) groups excluding carboxylic acids is 2. The number of aromatic nitrogens is 2. The largest absolute Gasteiger partial charge is 0.464 e. The molecule has 0 aliphatic heterocycles. The highest BCUT2D eigenvalue weighted by atomic mass is 16.6. The fourth-order valence-electron chi connectivity index (χ4n) is 1.77. The molecule has 1 aromatic heterocycles. The van der Waals surface area contributed by atoms with E-state index in [9.17, 15) is 9.59 Å². The smallest absolute Gasteiger partial charge is 0.357 e. The number of hydrogen-bond donors (Lipinski definition) is 1. The molecule has 8 heteroatoms. The van der Waals surface area contributed by atoms with Crippen LogP contribution in [0.2, 0.25) is 0 Å². The second kappa shape index (κ2) is 7.17. The Labute approximate surface area is 129 Å². The zero-order chi connectivity index (χ0) is 16.9. The van der Waals surface area contributed by atoms with Crippen LogP contribution in [-0.4, -0.2) is 53.1 Å². The highest BCUT2D eigenvalue weighted by Crippen LogP contribution is 2.15. The second-order valence-electron chi connectivity index (χ2n) is 5.84. The van der Waals surface area contributed by atoms with E-state index in [0.29, 0.717) is 5.56 Å². The molecule has 22 heavy (non-hydrogen) atoms. The lowest BCUT2D eigenvalue weighted by Crippen LogP contribution is -2.33. The maximum absolute atomic E-state index is 11.8. The number of ether oxygens (including phenoxy) is 2. The number of methoxy groups -OCH3 is 1. The minimum Gasteiger partial charge on any atom is -0.464 e. The lowest BCUT2D eigenvalue weighted by Gasteiger charge is -2.23. The number of esters is 2. The van der Waals surface area contributed by atoms with E-state index in [-0.39, 0.29) is 30.6 Å². The van der Waals surface area contributed by atoms with Gasteiger partial charge in [-0.15, -0.1) is 0 Å². The standard InChI is InChI=1S/C14H22N4O4/c1-14(2,3)22-10(19)7-18(4)6-9-11(13(20)21-5)16-8-17-12(9)15/h8H,6-7H2,1-5H3,(H2,15,16,17). The molecule has 0 aromatic carbocycles. The Hall–Kier alpha value is -2.22. The van der Waals surface area contributed by atoms with E-state index in [1.54, 1.807) is 32.7 Å². The van der Waals surface area contributed by atoms with Crippen molar-refractivity contribution in [2.45, 2.75) is 32.9 Å². The molecule has 2 N–H and O–H groups in total. The maximum atomic E-state index is 11.8. The van der Waals surface area contributed by atoms with Gasteiger partial charge in [0.25, 0.3) is 0 Å². The van der Waals surface area contributed by atoms with Crippen molar-refractivity contribution in [2.75, 3.05) is 26.4 Å². The molecule has 0 amide bonds. The van der Waals surface area contributed by atoms with Gasteiger partial charge in [-0.2, -0.15) is 0 Å². The van der Waals surface area contributed by atoms with Crippen molar-refractivity contribution < 1.29 is 19.1 Å². The molecular formula is C14H22N4O4. The van der Waals surface area contributed by atoms with Crippen molar-refractivity contribution in [1.29, 1.82) is 0 Å². The number of nitrogen functional groups attached to an aromatic ring is 1. The number of nitrogens with two attached hydrogens (primary N) is 1. The zero-order valence-corrected chi connectivity index (χ0v) is 13.5. The van der Waals surface area contributed by atoms with Crippen LogP contribution in [0.15, 0.2) is 6.33 Å². The van der Waals surface area contributed by atoms with Crippen LogP contribution < -0.4 is 5.73 Å². The van der Waals surface area contributed by atoms with Crippen LogP contribution >= 0.6 is 0 Å². The molecule has 0 spiro atoms. The predicted octanol–water partition coefficient (Wildman–Crippen LogP) is 0.619. The molecule has 0 atom stereocenters. The third-order valence-corrected chi connectivity index (χ3v) is 2.60. The Morgan fingerprint density at radius 3 is 2.50 bits per heavy atom. The average molecular weight is 310 g/mol. The summed E-state index contributed by atoms with van der Waals surface area (Å²) in [7, 11) is 2.96. The van der Waals surface area contributed by atoms with Crippen LogP contribution in [0, 0.1) is 0 Å². The van der Waals surface area contributed by atoms with Crippen molar-refractivity contribution in [2.24, 2.45) is 0 Å². The summed E-state index contributed by atoms with van der Waals surface area (Å²) >= 11 is 0. The van der Waals surface area contributed by atoms with Gasteiger partial charge in [-0.05, 0) is 27.8 Å². The highest BCUT2D eigenvalue weighted by Gasteiger charge is 2.21. The monoisotopic (exact) mass is 310 g/mol. The fraction of sp³-hybridized carbons (Fsp3) is 0.571. The molecule has 0 unspecified atom stereocenters. The minimum atomic E-state index is -0.602. The first-order valence-electron chi connectivity index (χ1n) is 6.72. The van der Waals surface area contributed by atoms with Crippen LogP contribution in [-0.2, 0) is 20.8 Å². The molecule has 0 radical (unpaired) electrons. The fourth-order valence-corrected chi connectivity index (χ4v) is 1.77. The Morgan fingerprint density at radius 1 is 1.32 bits per heavy atom. The zero-order valence-electron chi connectivity index (χ0n) is 13.5. The molecule has 1 aromatic rings. The summed E-state index contributed by atoms with van der Waals surface area (Å²) < 4.78 is 9.91. The summed E-state index contributed by atoms with van der Waals surface area (Å²) in [6.45, 7) is 5.65. The van der Waals surface area contributed by atoms with E-state index in [0.717, 1.165) is 0 Å². The number of anilines is 1. The highest BCUT2D eigenvalue weighted by molar-refractivity contribution is 5.89. The normalized spacial score (nSPS) is 11.4. The second-order valence-corrected chi connectivity index (χ2v) is 5.84. The van der Waals surface area contributed by atoms with Crippen LogP contribution in [0.1, 0.15) is 36.8 Å². The lowest BCUT2D eigenvalue weighted by atomic mass is 10.2. The molecule has 122 valence electrons. The van der Waals surface area contributed by atoms with Gasteiger partial charge in [-0.3, -0.25) is 9.69 Å². The molecule has 0 saturated carbocycles. The van der Waals surface area contributed by atoms with Crippen molar-refractivity contribution in [1.82, 2.24) is 14.9 Å². The van der Waals surface area contributed by atoms with E-state index >= 15 is 0 Å². The summed E-state index contributed by atoms with van der Waals surface area (Å²) in [5.41, 5.74) is 5.75. The molecule has 0 aliphatic carbocycles. The molecular weight excluding hydrogens is 288 g/mol. The minimum absolute atomic E-state index is 0.0478. The summed E-state index contributed by atoms with van der Waals surface area (Å²) in [6, 6.07) is 0. The van der Waals surface area contributed by atoms with E-state index in [4.69, 9.17) is 10.5 Å². The molecule has 1 heterocycles. The van der Waals surface area contributed by atoms with E-state index < -0.39 is 11.6 Å². The van der Waals surface area contributed by atoms with E-state index in [2.05, 4.69) is 14.7 Å². The Kier molecular flexibility index (Phi) is 5.81. The number of hydrogen-bond acceptors (Lipinski definition) is 8. The first-order valence-corrected chi connectivity index (χ1v) is 6.72. The summed E-state index contributed by atoms with van der Waals surface area (Å²) in [4.78, 5) is 32.9. The molecule has 0 aliphatic rings. The number of carbonyl (C=O) groups is 2. The molecule has 0 fully saturated rings. The third kappa shape index (κ3) is 5.28. The maximum Gasteiger partial charge on any atom is 0.357 e. The summed E-state index contributed by atoms with van der Waals surface area (Å²) in [5, 5.41) is 0. The molecule has 0 bridgehead atoms. The van der Waals surface area contributed by atoms with Crippen LogP contribution in [0.3, 0.4) is 0 Å². The Balaban J connectivity index is 2.82. The van der Waals surface area contributed by atoms with Gasteiger partial charge in [-0.1, -0.05) is 0 Å². The van der Waals surface area contributed by atoms with Gasteiger partial charge in [0.1, 0.15) is 17.7 Å². The van der Waals surface area contributed by atoms with Crippen LogP contribution in [0.25, 0.3) is 0 Å². The SMILES string of the molecule is COC(=O)c1ncnc(N)c1CN(C)CC(=O)OC(C)(C)C. The molecule has 8 nitrogen and oxygen atoms in total.